The zero-order chi connectivity index (χ0) is 12.0. The van der Waals surface area contributed by atoms with Crippen molar-refractivity contribution >= 4 is 0 Å². The normalized spacial score (nSPS) is 16.8. The Kier molecular flexibility index (Phi) is 4.97. The van der Waals surface area contributed by atoms with Crippen molar-refractivity contribution in [3.05, 3.63) is 35.9 Å². The van der Waals surface area contributed by atoms with Crippen molar-refractivity contribution < 1.29 is 10.2 Å². The molecule has 1 aromatic rings. The van der Waals surface area contributed by atoms with Crippen LogP contribution in [0.4, 0.5) is 0 Å². The number of benzene rings is 1. The van der Waals surface area contributed by atoms with Crippen LogP contribution in [0.15, 0.2) is 30.3 Å². The Morgan fingerprint density at radius 2 is 1.88 bits per heavy atom. The van der Waals surface area contributed by atoms with Crippen LogP contribution in [0.25, 0.3) is 0 Å². The molecular weight excluding hydrogens is 200 g/mol. The second-order valence-corrected chi connectivity index (χ2v) is 4.48. The third kappa shape index (κ3) is 2.83. The van der Waals surface area contributed by atoms with E-state index in [0.29, 0.717) is 6.42 Å². The Bertz CT molecular complexity index is 297. The van der Waals surface area contributed by atoms with E-state index >= 15 is 0 Å². The molecule has 0 aliphatic rings. The third-order valence-electron chi connectivity index (χ3n) is 3.27. The van der Waals surface area contributed by atoms with Gasteiger partial charge in [0.25, 0.3) is 0 Å². The first-order valence-corrected chi connectivity index (χ1v) is 6.04. The molecule has 0 saturated heterocycles. The fourth-order valence-corrected chi connectivity index (χ4v) is 2.00. The fraction of sp³-hybridized carbons (Fsp3) is 0.571. The van der Waals surface area contributed by atoms with Gasteiger partial charge in [-0.2, -0.15) is 0 Å². The lowest BCUT2D eigenvalue weighted by atomic mass is 9.79. The quantitative estimate of drug-likeness (QED) is 0.777. The molecule has 0 aliphatic heterocycles. The van der Waals surface area contributed by atoms with Gasteiger partial charge in [-0.15, -0.1) is 0 Å². The first-order chi connectivity index (χ1) is 7.65. The lowest BCUT2D eigenvalue weighted by molar-refractivity contribution is -0.0462. The van der Waals surface area contributed by atoms with Crippen LogP contribution < -0.4 is 0 Å². The lowest BCUT2D eigenvalue weighted by Gasteiger charge is -2.34. The van der Waals surface area contributed by atoms with Crippen LogP contribution in [-0.4, -0.2) is 16.8 Å². The molecule has 2 N–H and O–H groups in total. The number of hydrogen-bond donors (Lipinski definition) is 2. The molecule has 2 atom stereocenters. The first kappa shape index (κ1) is 13.2. The van der Waals surface area contributed by atoms with Gasteiger partial charge >= 0.3 is 0 Å². The van der Waals surface area contributed by atoms with Crippen molar-refractivity contribution in [2.45, 2.75) is 38.7 Å². The Morgan fingerprint density at radius 3 is 2.38 bits per heavy atom. The van der Waals surface area contributed by atoms with Gasteiger partial charge in [0.2, 0.25) is 0 Å². The van der Waals surface area contributed by atoms with Gasteiger partial charge in [-0.05, 0) is 12.0 Å². The summed E-state index contributed by atoms with van der Waals surface area (Å²) in [6, 6.07) is 9.66. The highest BCUT2D eigenvalue weighted by atomic mass is 16.3. The van der Waals surface area contributed by atoms with Gasteiger partial charge in [0.15, 0.2) is 0 Å². The van der Waals surface area contributed by atoms with E-state index in [1.807, 2.05) is 37.3 Å². The van der Waals surface area contributed by atoms with Crippen molar-refractivity contribution in [1.82, 2.24) is 0 Å². The Hall–Kier alpha value is -0.860. The number of aliphatic hydroxyl groups is 2. The molecule has 90 valence electrons. The van der Waals surface area contributed by atoms with Crippen molar-refractivity contribution in [2.75, 3.05) is 6.61 Å². The maximum Gasteiger partial charge on any atom is 0.0943 e. The zero-order valence-electron chi connectivity index (χ0n) is 10.2. The van der Waals surface area contributed by atoms with E-state index in [9.17, 15) is 10.2 Å². The van der Waals surface area contributed by atoms with E-state index in [1.165, 1.54) is 0 Å². The largest absolute Gasteiger partial charge is 0.396 e. The Morgan fingerprint density at radius 1 is 1.25 bits per heavy atom. The molecular formula is C14H22O2. The second kappa shape index (κ2) is 6.02. The summed E-state index contributed by atoms with van der Waals surface area (Å²) in [5.41, 5.74) is 0.0106. The van der Waals surface area contributed by atoms with Crippen LogP contribution in [-0.2, 0) is 5.60 Å². The molecule has 0 heterocycles. The highest BCUT2D eigenvalue weighted by molar-refractivity contribution is 5.23. The van der Waals surface area contributed by atoms with E-state index in [-0.39, 0.29) is 12.5 Å². The number of aliphatic hydroxyl groups excluding tert-OH is 1. The van der Waals surface area contributed by atoms with Crippen molar-refractivity contribution in [3.63, 3.8) is 0 Å². The molecule has 2 nitrogen and oxygen atoms in total. The third-order valence-corrected chi connectivity index (χ3v) is 3.27. The van der Waals surface area contributed by atoms with Crippen LogP contribution >= 0.6 is 0 Å². The summed E-state index contributed by atoms with van der Waals surface area (Å²) in [5, 5.41) is 20.0. The number of hydrogen-bond acceptors (Lipinski definition) is 2. The van der Waals surface area contributed by atoms with E-state index in [4.69, 9.17) is 0 Å². The van der Waals surface area contributed by atoms with Gasteiger partial charge in [-0.3, -0.25) is 0 Å². The molecule has 0 radical (unpaired) electrons. The van der Waals surface area contributed by atoms with E-state index < -0.39 is 5.60 Å². The summed E-state index contributed by atoms with van der Waals surface area (Å²) in [4.78, 5) is 0. The molecule has 0 aliphatic carbocycles. The number of rotatable bonds is 6. The summed E-state index contributed by atoms with van der Waals surface area (Å²) in [7, 11) is 0. The topological polar surface area (TPSA) is 40.5 Å². The summed E-state index contributed by atoms with van der Waals surface area (Å²) >= 11 is 0. The molecule has 0 unspecified atom stereocenters. The van der Waals surface area contributed by atoms with E-state index in [2.05, 4.69) is 6.92 Å². The van der Waals surface area contributed by atoms with Gasteiger partial charge in [-0.25, -0.2) is 0 Å². The predicted molar refractivity (Wildman–Crippen MR) is 66.1 cm³/mol. The summed E-state index contributed by atoms with van der Waals surface area (Å²) in [5.74, 6) is -0.138. The molecule has 2 heteroatoms. The molecule has 16 heavy (non-hydrogen) atoms. The maximum absolute atomic E-state index is 10.7. The second-order valence-electron chi connectivity index (χ2n) is 4.48. The number of unbranched alkanes of at least 4 members (excludes halogenated alkanes) is 1. The standard InChI is InChI=1S/C14H22O2/c1-3-4-10-14(16,12(2)11-15)13-8-6-5-7-9-13/h5-9,12,15-16H,3-4,10-11H2,1-2H3/t12-,14+/m1/s1. The van der Waals surface area contributed by atoms with Gasteiger partial charge in [0.05, 0.1) is 5.60 Å². The van der Waals surface area contributed by atoms with Crippen LogP contribution in [0.3, 0.4) is 0 Å². The average Bonchev–Trinajstić information content (AvgIpc) is 2.36. The van der Waals surface area contributed by atoms with Gasteiger partial charge in [0.1, 0.15) is 0 Å². The van der Waals surface area contributed by atoms with Crippen molar-refractivity contribution in [3.8, 4) is 0 Å². The fourth-order valence-electron chi connectivity index (χ4n) is 2.00. The van der Waals surface area contributed by atoms with Gasteiger partial charge in [-0.1, -0.05) is 57.0 Å². The van der Waals surface area contributed by atoms with Crippen LogP contribution in [0, 0.1) is 5.92 Å². The van der Waals surface area contributed by atoms with Crippen molar-refractivity contribution in [1.29, 1.82) is 0 Å². The maximum atomic E-state index is 10.7. The molecule has 0 bridgehead atoms. The molecule has 0 aromatic heterocycles. The van der Waals surface area contributed by atoms with Crippen LogP contribution in [0.1, 0.15) is 38.7 Å². The minimum Gasteiger partial charge on any atom is -0.396 e. The highest BCUT2D eigenvalue weighted by Gasteiger charge is 2.34. The highest BCUT2D eigenvalue weighted by Crippen LogP contribution is 2.34. The lowest BCUT2D eigenvalue weighted by Crippen LogP contribution is -2.35. The summed E-state index contributed by atoms with van der Waals surface area (Å²) in [6.07, 6.45) is 2.72. The minimum absolute atomic E-state index is 0.00904. The summed E-state index contributed by atoms with van der Waals surface area (Å²) in [6.45, 7) is 4.01. The SMILES string of the molecule is CCCC[C@@](O)(c1ccccc1)[C@H](C)CO. The monoisotopic (exact) mass is 222 g/mol. The minimum atomic E-state index is -0.897. The van der Waals surface area contributed by atoms with Crippen LogP contribution in [0.2, 0.25) is 0 Å². The average molecular weight is 222 g/mol. The van der Waals surface area contributed by atoms with Gasteiger partial charge < -0.3 is 10.2 Å². The first-order valence-electron chi connectivity index (χ1n) is 6.04. The van der Waals surface area contributed by atoms with E-state index in [1.54, 1.807) is 0 Å². The molecule has 0 spiro atoms. The van der Waals surface area contributed by atoms with E-state index in [0.717, 1.165) is 18.4 Å². The van der Waals surface area contributed by atoms with Crippen molar-refractivity contribution in [2.24, 2.45) is 5.92 Å². The Labute approximate surface area is 97.9 Å². The predicted octanol–water partition coefficient (Wildman–Crippen LogP) is 2.69. The molecule has 0 saturated carbocycles. The Balaban J connectivity index is 2.94. The van der Waals surface area contributed by atoms with Gasteiger partial charge in [0, 0.05) is 12.5 Å². The van der Waals surface area contributed by atoms with Crippen LogP contribution in [0.5, 0.6) is 0 Å². The summed E-state index contributed by atoms with van der Waals surface area (Å²) < 4.78 is 0. The molecule has 1 aromatic carbocycles. The smallest absolute Gasteiger partial charge is 0.0943 e. The molecule has 1 rings (SSSR count). The molecule has 0 fully saturated rings. The molecule has 0 amide bonds. The zero-order valence-corrected chi connectivity index (χ0v) is 10.2.